The summed E-state index contributed by atoms with van der Waals surface area (Å²) in [4.78, 5) is 0. The standard InChI is InChI=1S/C14H11BrF2N2O2/c15-9-2-4-13(12(17)5-9)21-7-8-1-3-10(16)6-11(8)14(18)19-20/h1-6,20H,7H2,(H2,18,19). The van der Waals surface area contributed by atoms with E-state index in [4.69, 9.17) is 15.7 Å². The minimum absolute atomic E-state index is 0.0491. The Labute approximate surface area is 128 Å². The summed E-state index contributed by atoms with van der Waals surface area (Å²) >= 11 is 3.14. The van der Waals surface area contributed by atoms with Gasteiger partial charge in [0.05, 0.1) is 0 Å². The summed E-state index contributed by atoms with van der Waals surface area (Å²) in [5, 5.41) is 11.5. The fraction of sp³-hybridized carbons (Fsp3) is 0.0714. The van der Waals surface area contributed by atoms with Crippen LogP contribution in [0.4, 0.5) is 8.78 Å². The average Bonchev–Trinajstić information content (AvgIpc) is 2.46. The van der Waals surface area contributed by atoms with Crippen molar-refractivity contribution in [2.75, 3.05) is 0 Å². The molecule has 4 nitrogen and oxygen atoms in total. The first-order chi connectivity index (χ1) is 10.0. The normalized spacial score (nSPS) is 11.5. The van der Waals surface area contributed by atoms with Crippen molar-refractivity contribution in [3.8, 4) is 5.75 Å². The molecule has 2 rings (SSSR count). The molecule has 0 aliphatic heterocycles. The van der Waals surface area contributed by atoms with Gasteiger partial charge in [-0.05, 0) is 30.3 Å². The van der Waals surface area contributed by atoms with Gasteiger partial charge in [-0.1, -0.05) is 27.2 Å². The molecule has 21 heavy (non-hydrogen) atoms. The number of nitrogens with two attached hydrogens (primary N) is 1. The zero-order chi connectivity index (χ0) is 15.4. The van der Waals surface area contributed by atoms with E-state index >= 15 is 0 Å². The van der Waals surface area contributed by atoms with Gasteiger partial charge in [-0.2, -0.15) is 0 Å². The Hall–Kier alpha value is -2.15. The number of ether oxygens (including phenoxy) is 1. The molecule has 2 aromatic carbocycles. The molecule has 0 aliphatic carbocycles. The van der Waals surface area contributed by atoms with Crippen LogP contribution in [-0.2, 0) is 6.61 Å². The Morgan fingerprint density at radius 2 is 2.00 bits per heavy atom. The van der Waals surface area contributed by atoms with Gasteiger partial charge in [-0.25, -0.2) is 8.78 Å². The predicted molar refractivity (Wildman–Crippen MR) is 77.3 cm³/mol. The average molecular weight is 357 g/mol. The van der Waals surface area contributed by atoms with Gasteiger partial charge in [-0.15, -0.1) is 0 Å². The van der Waals surface area contributed by atoms with Gasteiger partial charge in [0.25, 0.3) is 0 Å². The summed E-state index contributed by atoms with van der Waals surface area (Å²) in [6, 6.07) is 8.13. The molecule has 0 heterocycles. The lowest BCUT2D eigenvalue weighted by Gasteiger charge is -2.11. The van der Waals surface area contributed by atoms with Crippen molar-refractivity contribution in [3.63, 3.8) is 0 Å². The van der Waals surface area contributed by atoms with Gasteiger partial charge in [-0.3, -0.25) is 0 Å². The van der Waals surface area contributed by atoms with Gasteiger partial charge in [0, 0.05) is 15.6 Å². The zero-order valence-electron chi connectivity index (χ0n) is 10.7. The maximum Gasteiger partial charge on any atom is 0.170 e. The van der Waals surface area contributed by atoms with E-state index in [-0.39, 0.29) is 23.8 Å². The van der Waals surface area contributed by atoms with E-state index in [1.54, 1.807) is 6.07 Å². The van der Waals surface area contributed by atoms with Crippen LogP contribution in [0.2, 0.25) is 0 Å². The SMILES string of the molecule is NC(=NO)c1cc(F)ccc1COc1ccc(Br)cc1F. The third-order valence-corrected chi connectivity index (χ3v) is 3.23. The molecule has 7 heteroatoms. The van der Waals surface area contributed by atoms with E-state index < -0.39 is 11.6 Å². The molecular weight excluding hydrogens is 346 g/mol. The summed E-state index contributed by atoms with van der Waals surface area (Å²) in [5.74, 6) is -1.26. The second-order valence-electron chi connectivity index (χ2n) is 4.15. The number of halogens is 3. The third-order valence-electron chi connectivity index (χ3n) is 2.73. The van der Waals surface area contributed by atoms with Crippen molar-refractivity contribution < 1.29 is 18.7 Å². The second-order valence-corrected chi connectivity index (χ2v) is 5.07. The van der Waals surface area contributed by atoms with Crippen LogP contribution in [0.1, 0.15) is 11.1 Å². The molecule has 3 N–H and O–H groups in total. The van der Waals surface area contributed by atoms with Crippen LogP contribution in [-0.4, -0.2) is 11.0 Å². The topological polar surface area (TPSA) is 67.8 Å². The first-order valence-electron chi connectivity index (χ1n) is 5.85. The van der Waals surface area contributed by atoms with E-state index in [9.17, 15) is 8.78 Å². The van der Waals surface area contributed by atoms with Crippen molar-refractivity contribution in [2.45, 2.75) is 6.61 Å². The number of hydrogen-bond acceptors (Lipinski definition) is 3. The molecule has 0 bridgehead atoms. The Morgan fingerprint density at radius 3 is 2.67 bits per heavy atom. The highest BCUT2D eigenvalue weighted by atomic mass is 79.9. The zero-order valence-corrected chi connectivity index (χ0v) is 12.3. The fourth-order valence-corrected chi connectivity index (χ4v) is 2.05. The molecule has 0 saturated heterocycles. The maximum absolute atomic E-state index is 13.6. The summed E-state index contributed by atoms with van der Waals surface area (Å²) in [6.45, 7) is -0.0512. The van der Waals surface area contributed by atoms with Crippen molar-refractivity contribution in [3.05, 3.63) is 63.6 Å². The van der Waals surface area contributed by atoms with Crippen LogP contribution >= 0.6 is 15.9 Å². The van der Waals surface area contributed by atoms with Gasteiger partial charge in [0.1, 0.15) is 12.4 Å². The van der Waals surface area contributed by atoms with Crippen molar-refractivity contribution in [2.24, 2.45) is 10.9 Å². The minimum atomic E-state index is -0.532. The fourth-order valence-electron chi connectivity index (χ4n) is 1.71. The molecule has 0 amide bonds. The number of hydrogen-bond donors (Lipinski definition) is 2. The lowest BCUT2D eigenvalue weighted by atomic mass is 10.1. The highest BCUT2D eigenvalue weighted by molar-refractivity contribution is 9.10. The molecule has 0 aromatic heterocycles. The lowest BCUT2D eigenvalue weighted by molar-refractivity contribution is 0.289. The van der Waals surface area contributed by atoms with E-state index in [0.29, 0.717) is 10.0 Å². The number of nitrogens with zero attached hydrogens (tertiary/aromatic N) is 1. The van der Waals surface area contributed by atoms with E-state index in [1.165, 1.54) is 24.3 Å². The molecule has 2 aromatic rings. The number of benzene rings is 2. The van der Waals surface area contributed by atoms with E-state index in [1.807, 2.05) is 0 Å². The van der Waals surface area contributed by atoms with Gasteiger partial charge >= 0.3 is 0 Å². The summed E-state index contributed by atoms with van der Waals surface area (Å²) in [5.41, 5.74) is 6.14. The largest absolute Gasteiger partial charge is 0.486 e. The molecule has 0 unspecified atom stereocenters. The first kappa shape index (κ1) is 15.2. The Morgan fingerprint density at radius 1 is 1.24 bits per heavy atom. The number of amidine groups is 1. The Bertz CT molecular complexity index is 693. The van der Waals surface area contributed by atoms with Crippen molar-refractivity contribution in [1.29, 1.82) is 0 Å². The molecule has 0 saturated carbocycles. The van der Waals surface area contributed by atoms with Crippen LogP contribution in [0.15, 0.2) is 46.0 Å². The minimum Gasteiger partial charge on any atom is -0.486 e. The Balaban J connectivity index is 2.24. The third kappa shape index (κ3) is 3.69. The predicted octanol–water partition coefficient (Wildman–Crippen LogP) is 3.40. The quantitative estimate of drug-likeness (QED) is 0.381. The monoisotopic (exact) mass is 356 g/mol. The van der Waals surface area contributed by atoms with Crippen LogP contribution in [0, 0.1) is 11.6 Å². The van der Waals surface area contributed by atoms with Gasteiger partial charge < -0.3 is 15.7 Å². The highest BCUT2D eigenvalue weighted by Gasteiger charge is 2.11. The number of rotatable bonds is 4. The number of oxime groups is 1. The van der Waals surface area contributed by atoms with Crippen LogP contribution in [0.3, 0.4) is 0 Å². The molecular formula is C14H11BrF2N2O2. The smallest absolute Gasteiger partial charge is 0.170 e. The van der Waals surface area contributed by atoms with E-state index in [0.717, 1.165) is 6.07 Å². The highest BCUT2D eigenvalue weighted by Crippen LogP contribution is 2.23. The van der Waals surface area contributed by atoms with E-state index in [2.05, 4.69) is 21.1 Å². The molecule has 0 aliphatic rings. The molecule has 110 valence electrons. The molecule has 0 fully saturated rings. The van der Waals surface area contributed by atoms with Crippen molar-refractivity contribution >= 4 is 21.8 Å². The van der Waals surface area contributed by atoms with Crippen molar-refractivity contribution in [1.82, 2.24) is 0 Å². The summed E-state index contributed by atoms with van der Waals surface area (Å²) < 4.78 is 32.8. The molecule has 0 radical (unpaired) electrons. The van der Waals surface area contributed by atoms with Gasteiger partial charge in [0.15, 0.2) is 17.4 Å². The molecule has 0 spiro atoms. The second kappa shape index (κ2) is 6.53. The first-order valence-corrected chi connectivity index (χ1v) is 6.64. The maximum atomic E-state index is 13.6. The Kier molecular flexibility index (Phi) is 4.74. The lowest BCUT2D eigenvalue weighted by Crippen LogP contribution is -2.17. The molecule has 0 atom stereocenters. The van der Waals surface area contributed by atoms with Gasteiger partial charge in [0.2, 0.25) is 0 Å². The summed E-state index contributed by atoms with van der Waals surface area (Å²) in [7, 11) is 0. The summed E-state index contributed by atoms with van der Waals surface area (Å²) in [6.07, 6.45) is 0. The van der Waals surface area contributed by atoms with Crippen LogP contribution in [0.5, 0.6) is 5.75 Å². The van der Waals surface area contributed by atoms with Crippen LogP contribution < -0.4 is 10.5 Å². The van der Waals surface area contributed by atoms with Crippen LogP contribution in [0.25, 0.3) is 0 Å².